The van der Waals surface area contributed by atoms with E-state index in [4.69, 9.17) is 9.98 Å². The minimum absolute atomic E-state index is 0.167. The smallest absolute Gasteiger partial charge is 0.126 e. The highest BCUT2D eigenvalue weighted by Gasteiger charge is 2.24. The van der Waals surface area contributed by atoms with Crippen LogP contribution in [0.3, 0.4) is 0 Å². The Morgan fingerprint density at radius 2 is 0.860 bits per heavy atom. The van der Waals surface area contributed by atoms with Crippen molar-refractivity contribution in [2.75, 3.05) is 0 Å². The summed E-state index contributed by atoms with van der Waals surface area (Å²) < 4.78 is 0. The van der Waals surface area contributed by atoms with Gasteiger partial charge in [-0.25, -0.2) is 0 Å². The number of nitrogens with zero attached hydrogens (tertiary/aromatic N) is 2. The summed E-state index contributed by atoms with van der Waals surface area (Å²) in [5.41, 5.74) is 15.4. The lowest BCUT2D eigenvalue weighted by Gasteiger charge is -2.23. The first kappa shape index (κ1) is 54.0. The molecular weight excluding hydrogens is 693 g/mol. The lowest BCUT2D eigenvalue weighted by atomic mass is 9.91. The second kappa shape index (κ2) is 30.0. The van der Waals surface area contributed by atoms with Crippen LogP contribution >= 0.6 is 0 Å². The fraction of sp³-hybridized carbons (Fsp3) is 0.352. The van der Waals surface area contributed by atoms with Crippen molar-refractivity contribution in [3.05, 3.63) is 178 Å². The molecule has 4 aromatic carbocycles. The van der Waals surface area contributed by atoms with Crippen LogP contribution in [0.15, 0.2) is 132 Å². The maximum atomic E-state index is 9.44. The lowest BCUT2D eigenvalue weighted by molar-refractivity contribution is -0.115. The molecule has 0 bridgehead atoms. The molecule has 0 saturated heterocycles. The van der Waals surface area contributed by atoms with Crippen molar-refractivity contribution in [3.63, 3.8) is 0 Å². The number of Topliss-reactive ketones (excluding diaryl/α,β-unsaturated/α-hetero) is 1. The Morgan fingerprint density at radius 1 is 0.544 bits per heavy atom. The van der Waals surface area contributed by atoms with Gasteiger partial charge in [0.05, 0.1) is 0 Å². The highest BCUT2D eigenvalue weighted by molar-refractivity contribution is 6.00. The number of carbonyl (C=O) groups excluding carboxylic acids is 1. The first-order valence-corrected chi connectivity index (χ1v) is 20.7. The summed E-state index contributed by atoms with van der Waals surface area (Å²) >= 11 is 0. The van der Waals surface area contributed by atoms with Gasteiger partial charge in [0, 0.05) is 12.4 Å². The molecule has 0 N–H and O–H groups in total. The zero-order chi connectivity index (χ0) is 44.2. The first-order valence-electron chi connectivity index (χ1n) is 20.7. The molecule has 0 radical (unpaired) electrons. The van der Waals surface area contributed by atoms with Gasteiger partial charge in [-0.05, 0) is 129 Å². The third-order valence-corrected chi connectivity index (χ3v) is 8.23. The minimum atomic E-state index is -0.285. The Balaban J connectivity index is 0. The van der Waals surface area contributed by atoms with E-state index in [-0.39, 0.29) is 17.9 Å². The van der Waals surface area contributed by atoms with Crippen molar-refractivity contribution in [1.82, 2.24) is 0 Å². The summed E-state index contributed by atoms with van der Waals surface area (Å²) in [6.45, 7) is 49.4. The molecule has 4 rings (SSSR count). The Hall–Kier alpha value is -5.15. The Kier molecular flexibility index (Phi) is 28.4. The van der Waals surface area contributed by atoms with E-state index in [9.17, 15) is 4.79 Å². The van der Waals surface area contributed by atoms with Gasteiger partial charge in [-0.15, -0.1) is 0 Å². The van der Waals surface area contributed by atoms with Crippen LogP contribution in [-0.4, -0.2) is 18.2 Å². The van der Waals surface area contributed by atoms with E-state index in [1.54, 1.807) is 0 Å². The fourth-order valence-electron chi connectivity index (χ4n) is 6.40. The molecule has 0 aliphatic rings. The van der Waals surface area contributed by atoms with E-state index >= 15 is 0 Å². The third-order valence-electron chi connectivity index (χ3n) is 8.23. The lowest BCUT2D eigenvalue weighted by Crippen LogP contribution is -2.09. The van der Waals surface area contributed by atoms with Gasteiger partial charge in [0.25, 0.3) is 0 Å². The van der Waals surface area contributed by atoms with Gasteiger partial charge in [0.15, 0.2) is 0 Å². The summed E-state index contributed by atoms with van der Waals surface area (Å²) in [7, 11) is 0. The normalized spacial score (nSPS) is 10.9. The van der Waals surface area contributed by atoms with Crippen molar-refractivity contribution in [1.29, 1.82) is 0 Å². The van der Waals surface area contributed by atoms with E-state index in [1.807, 2.05) is 104 Å². The van der Waals surface area contributed by atoms with Gasteiger partial charge in [-0.3, -0.25) is 9.98 Å². The van der Waals surface area contributed by atoms with Crippen LogP contribution < -0.4 is 0 Å². The zero-order valence-electron chi connectivity index (χ0n) is 38.7. The Bertz CT molecular complexity index is 1840. The summed E-state index contributed by atoms with van der Waals surface area (Å²) in [4.78, 5) is 19.8. The van der Waals surface area contributed by atoms with Crippen LogP contribution in [0.4, 0.5) is 0 Å². The molecular formula is C54H76N2O. The van der Waals surface area contributed by atoms with Crippen molar-refractivity contribution in [2.24, 2.45) is 9.98 Å². The molecule has 0 amide bonds. The minimum Gasteiger partial charge on any atom is -0.300 e. The fourth-order valence-corrected chi connectivity index (χ4v) is 6.40. The molecule has 0 spiro atoms. The molecule has 0 fully saturated rings. The highest BCUT2D eigenvalue weighted by atomic mass is 16.1. The van der Waals surface area contributed by atoms with E-state index in [0.29, 0.717) is 6.42 Å². The summed E-state index contributed by atoms with van der Waals surface area (Å²) in [5, 5.41) is 0. The molecule has 0 aliphatic carbocycles. The average Bonchev–Trinajstić information content (AvgIpc) is 3.18. The zero-order valence-corrected chi connectivity index (χ0v) is 38.7. The van der Waals surface area contributed by atoms with Crippen molar-refractivity contribution >= 4 is 29.4 Å². The number of benzene rings is 4. The van der Waals surface area contributed by atoms with E-state index in [0.717, 1.165) is 39.0 Å². The van der Waals surface area contributed by atoms with Crippen LogP contribution in [0.2, 0.25) is 0 Å². The number of aryl methyl sites for hydroxylation is 6. The standard InChI is InChI=1S/C43H46N2.C3H6O.4C2H6/c1-28-21-31(4)40(32(5)22-28)33(6)25-30(3)26-44-42(38-17-13-11-14-18-38)43(39-19-15-12-16-20-39)45-27-36(9)37(10)41-34(7)23-29(2)24-35(41)8;1-3(2)4;4*1-2/h11-24,26-27,42-43H,3,6,9-10,25H2,1-2,4-5,7-8H3;1-2H3;4*1-2H3/t42?,43-;;;;;/m0...../s1. The summed E-state index contributed by atoms with van der Waals surface area (Å²) in [6, 6.07) is 28.9. The summed E-state index contributed by atoms with van der Waals surface area (Å²) in [6.07, 6.45) is 4.41. The van der Waals surface area contributed by atoms with Gasteiger partial charge in [0.2, 0.25) is 0 Å². The molecule has 0 aliphatic heterocycles. The van der Waals surface area contributed by atoms with Crippen LogP contribution in [0.25, 0.3) is 11.1 Å². The van der Waals surface area contributed by atoms with Gasteiger partial charge >= 0.3 is 0 Å². The predicted octanol–water partition coefficient (Wildman–Crippen LogP) is 16.1. The molecule has 0 aromatic heterocycles. The Morgan fingerprint density at radius 3 is 1.21 bits per heavy atom. The molecule has 308 valence electrons. The Labute approximate surface area is 350 Å². The van der Waals surface area contributed by atoms with Crippen LogP contribution in [0.1, 0.15) is 143 Å². The maximum Gasteiger partial charge on any atom is 0.126 e. The monoisotopic (exact) mass is 769 g/mol. The maximum absolute atomic E-state index is 9.44. The van der Waals surface area contributed by atoms with Gasteiger partial charge in [-0.2, -0.15) is 0 Å². The molecule has 3 heteroatoms. The van der Waals surface area contributed by atoms with Crippen molar-refractivity contribution in [3.8, 4) is 0 Å². The molecule has 57 heavy (non-hydrogen) atoms. The summed E-state index contributed by atoms with van der Waals surface area (Å²) in [5.74, 6) is 0.167. The molecule has 3 nitrogen and oxygen atoms in total. The van der Waals surface area contributed by atoms with Crippen molar-refractivity contribution < 1.29 is 4.79 Å². The SMILES string of the molecule is C=C(C=NC(c1ccccc1)[C@@H](N=CC(=C)C(=C)c1c(C)cc(C)cc1C)c1ccccc1)CC(=C)c1c(C)cc(C)cc1C.CC.CC.CC.CC.CC(C)=O. The van der Waals surface area contributed by atoms with Gasteiger partial charge in [-0.1, -0.05) is 178 Å². The van der Waals surface area contributed by atoms with Crippen LogP contribution in [0.5, 0.6) is 0 Å². The third kappa shape index (κ3) is 18.6. The molecule has 0 saturated carbocycles. The number of carbonyl (C=O) groups is 1. The van der Waals surface area contributed by atoms with Crippen LogP contribution in [0, 0.1) is 41.5 Å². The number of hydrogen-bond acceptors (Lipinski definition) is 3. The largest absolute Gasteiger partial charge is 0.300 e. The number of aliphatic imine (C=N–C) groups is 2. The second-order valence-electron chi connectivity index (χ2n) is 13.2. The van der Waals surface area contributed by atoms with Gasteiger partial charge < -0.3 is 4.79 Å². The van der Waals surface area contributed by atoms with E-state index < -0.39 is 0 Å². The predicted molar refractivity (Wildman–Crippen MR) is 259 cm³/mol. The van der Waals surface area contributed by atoms with Crippen LogP contribution in [-0.2, 0) is 4.79 Å². The number of hydrogen-bond donors (Lipinski definition) is 0. The average molecular weight is 769 g/mol. The van der Waals surface area contributed by atoms with Crippen molar-refractivity contribution in [2.45, 2.75) is 129 Å². The molecule has 4 aromatic rings. The van der Waals surface area contributed by atoms with Gasteiger partial charge in [0.1, 0.15) is 17.9 Å². The first-order chi connectivity index (χ1) is 27.2. The molecule has 0 heterocycles. The quantitative estimate of drug-likeness (QED) is 0.105. The second-order valence-corrected chi connectivity index (χ2v) is 13.2. The number of allylic oxidation sites excluding steroid dienone is 4. The topological polar surface area (TPSA) is 41.8 Å². The molecule has 1 unspecified atom stereocenters. The number of ketones is 1. The highest BCUT2D eigenvalue weighted by Crippen LogP contribution is 2.37. The molecule has 2 atom stereocenters. The van der Waals surface area contributed by atoms with E-state index in [2.05, 4.69) is 116 Å². The van der Waals surface area contributed by atoms with E-state index in [1.165, 1.54) is 52.8 Å². The number of rotatable bonds is 12.